The highest BCUT2D eigenvalue weighted by atomic mass is 19.3. The van der Waals surface area contributed by atoms with Crippen LogP contribution in [0, 0.1) is 0 Å². The normalized spacial score (nSPS) is 10.6. The minimum Gasteiger partial charge on any atom is -0.466 e. The van der Waals surface area contributed by atoms with E-state index in [2.05, 4.69) is 9.72 Å². The molecular formula is C10H12F2N2O3. The van der Waals surface area contributed by atoms with E-state index in [-0.39, 0.29) is 17.9 Å². The number of aromatic nitrogens is 1. The van der Waals surface area contributed by atoms with Crippen molar-refractivity contribution in [2.24, 2.45) is 0 Å². The van der Waals surface area contributed by atoms with Gasteiger partial charge in [-0.3, -0.25) is 9.59 Å². The van der Waals surface area contributed by atoms with E-state index in [1.54, 1.807) is 6.92 Å². The molecule has 0 fully saturated rings. The third-order valence-corrected chi connectivity index (χ3v) is 2.13. The minimum absolute atomic E-state index is 0.144. The standard InChI is InChI=1S/C10H12F2N2O3/c1-2-17-7(15)3-5-8(13)6(9(11)12)4-14-10(5)16/h4,9H,2-3H2,1H3,(H3,13,14,16). The lowest BCUT2D eigenvalue weighted by Gasteiger charge is -2.08. The van der Waals surface area contributed by atoms with Gasteiger partial charge in [0.25, 0.3) is 12.0 Å². The van der Waals surface area contributed by atoms with Crippen LogP contribution >= 0.6 is 0 Å². The average Bonchev–Trinajstić information content (AvgIpc) is 2.24. The Kier molecular flexibility index (Phi) is 4.19. The number of alkyl halides is 2. The summed E-state index contributed by atoms with van der Waals surface area (Å²) in [5.41, 5.74) is 3.70. The van der Waals surface area contributed by atoms with E-state index < -0.39 is 29.9 Å². The number of rotatable bonds is 4. The van der Waals surface area contributed by atoms with Gasteiger partial charge in [-0.05, 0) is 6.92 Å². The minimum atomic E-state index is -2.81. The molecule has 0 unspecified atom stereocenters. The summed E-state index contributed by atoms with van der Waals surface area (Å²) in [6, 6.07) is 0. The monoisotopic (exact) mass is 246 g/mol. The van der Waals surface area contributed by atoms with E-state index >= 15 is 0 Å². The molecule has 17 heavy (non-hydrogen) atoms. The van der Waals surface area contributed by atoms with Crippen molar-refractivity contribution in [3.05, 3.63) is 27.7 Å². The molecule has 5 nitrogen and oxygen atoms in total. The fraction of sp³-hybridized carbons (Fsp3) is 0.400. The van der Waals surface area contributed by atoms with Crippen LogP contribution in [0.5, 0.6) is 0 Å². The summed E-state index contributed by atoms with van der Waals surface area (Å²) in [5.74, 6) is -0.684. The zero-order chi connectivity index (χ0) is 13.0. The molecule has 3 N–H and O–H groups in total. The van der Waals surface area contributed by atoms with E-state index in [0.29, 0.717) is 0 Å². The van der Waals surface area contributed by atoms with Gasteiger partial charge in [-0.2, -0.15) is 0 Å². The van der Waals surface area contributed by atoms with Crippen molar-refractivity contribution in [3.63, 3.8) is 0 Å². The van der Waals surface area contributed by atoms with E-state index in [0.717, 1.165) is 6.20 Å². The summed E-state index contributed by atoms with van der Waals surface area (Å²) >= 11 is 0. The summed E-state index contributed by atoms with van der Waals surface area (Å²) in [6.45, 7) is 1.74. The second kappa shape index (κ2) is 5.42. The number of H-pyrrole nitrogens is 1. The SMILES string of the molecule is CCOC(=O)Cc1c(N)c(C(F)F)c[nH]c1=O. The van der Waals surface area contributed by atoms with Crippen molar-refractivity contribution in [2.45, 2.75) is 19.8 Å². The molecule has 0 saturated carbocycles. The van der Waals surface area contributed by atoms with E-state index in [9.17, 15) is 18.4 Å². The van der Waals surface area contributed by atoms with Gasteiger partial charge in [0.2, 0.25) is 0 Å². The second-order valence-electron chi connectivity index (χ2n) is 3.25. The molecule has 0 atom stereocenters. The molecule has 0 radical (unpaired) electrons. The number of nitrogens with one attached hydrogen (secondary N) is 1. The highest BCUT2D eigenvalue weighted by Crippen LogP contribution is 2.25. The zero-order valence-corrected chi connectivity index (χ0v) is 9.13. The number of nitrogen functional groups attached to an aromatic ring is 1. The van der Waals surface area contributed by atoms with Crippen LogP contribution in [0.3, 0.4) is 0 Å². The van der Waals surface area contributed by atoms with Gasteiger partial charge < -0.3 is 15.5 Å². The van der Waals surface area contributed by atoms with Crippen molar-refractivity contribution in [3.8, 4) is 0 Å². The smallest absolute Gasteiger partial charge is 0.310 e. The number of carbonyl (C=O) groups excluding carboxylic acids is 1. The number of hydrogen-bond donors (Lipinski definition) is 2. The first-order valence-corrected chi connectivity index (χ1v) is 4.91. The van der Waals surface area contributed by atoms with Crippen molar-refractivity contribution < 1.29 is 18.3 Å². The van der Waals surface area contributed by atoms with Gasteiger partial charge >= 0.3 is 5.97 Å². The molecule has 0 aromatic carbocycles. The van der Waals surface area contributed by atoms with Gasteiger partial charge in [0.15, 0.2) is 0 Å². The summed E-state index contributed by atoms with van der Waals surface area (Å²) in [4.78, 5) is 24.7. The highest BCUT2D eigenvalue weighted by molar-refractivity contribution is 5.75. The van der Waals surface area contributed by atoms with Crippen LogP contribution in [0.1, 0.15) is 24.5 Å². The quantitative estimate of drug-likeness (QED) is 0.776. The number of hydrogen-bond acceptors (Lipinski definition) is 4. The molecule has 94 valence electrons. The summed E-state index contributed by atoms with van der Waals surface area (Å²) in [6.07, 6.45) is -2.39. The Bertz CT molecular complexity index is 471. The number of esters is 1. The Morgan fingerprint density at radius 1 is 1.59 bits per heavy atom. The molecule has 0 amide bonds. The molecule has 0 aliphatic carbocycles. The number of nitrogens with two attached hydrogens (primary N) is 1. The Labute approximate surface area is 95.6 Å². The highest BCUT2D eigenvalue weighted by Gasteiger charge is 2.19. The number of carbonyl (C=O) groups is 1. The molecule has 1 aromatic heterocycles. The summed E-state index contributed by atoms with van der Waals surface area (Å²) in [5, 5.41) is 0. The lowest BCUT2D eigenvalue weighted by atomic mass is 10.1. The topological polar surface area (TPSA) is 85.2 Å². The number of pyridine rings is 1. The van der Waals surface area contributed by atoms with Crippen molar-refractivity contribution in [1.29, 1.82) is 0 Å². The van der Waals surface area contributed by atoms with Crippen LogP contribution < -0.4 is 11.3 Å². The van der Waals surface area contributed by atoms with Gasteiger partial charge in [0, 0.05) is 6.20 Å². The van der Waals surface area contributed by atoms with Gasteiger partial charge in [-0.25, -0.2) is 8.78 Å². The molecule has 0 aliphatic rings. The first kappa shape index (κ1) is 13.1. The second-order valence-corrected chi connectivity index (χ2v) is 3.25. The first-order chi connectivity index (χ1) is 7.97. The molecule has 0 spiro atoms. The average molecular weight is 246 g/mol. The summed E-state index contributed by atoms with van der Waals surface area (Å²) in [7, 11) is 0. The molecule has 0 bridgehead atoms. The molecule has 1 aromatic rings. The fourth-order valence-corrected chi connectivity index (χ4v) is 1.32. The number of aromatic amines is 1. The number of halogens is 2. The summed E-state index contributed by atoms with van der Waals surface area (Å²) < 4.78 is 29.6. The van der Waals surface area contributed by atoms with Crippen molar-refractivity contribution in [1.82, 2.24) is 4.98 Å². The van der Waals surface area contributed by atoms with Gasteiger partial charge in [-0.1, -0.05) is 0 Å². The van der Waals surface area contributed by atoms with Crippen molar-refractivity contribution >= 4 is 11.7 Å². The Morgan fingerprint density at radius 2 is 2.24 bits per heavy atom. The van der Waals surface area contributed by atoms with Gasteiger partial charge in [0.1, 0.15) is 0 Å². The molecule has 0 saturated heterocycles. The molecule has 1 heterocycles. The van der Waals surface area contributed by atoms with Crippen LogP contribution in [-0.4, -0.2) is 17.6 Å². The van der Waals surface area contributed by atoms with Gasteiger partial charge in [0.05, 0.1) is 29.8 Å². The molecule has 0 aliphatic heterocycles. The maximum atomic E-state index is 12.5. The van der Waals surface area contributed by atoms with Crippen LogP contribution in [0.25, 0.3) is 0 Å². The van der Waals surface area contributed by atoms with Crippen LogP contribution in [0.4, 0.5) is 14.5 Å². The van der Waals surface area contributed by atoms with Crippen LogP contribution in [0.2, 0.25) is 0 Å². The van der Waals surface area contributed by atoms with E-state index in [1.807, 2.05) is 0 Å². The Hall–Kier alpha value is -1.92. The van der Waals surface area contributed by atoms with E-state index in [4.69, 9.17) is 5.73 Å². The van der Waals surface area contributed by atoms with E-state index in [1.165, 1.54) is 0 Å². The lowest BCUT2D eigenvalue weighted by Crippen LogP contribution is -2.21. The predicted octanol–water partition coefficient (Wildman–Crippen LogP) is 1.00. The first-order valence-electron chi connectivity index (χ1n) is 4.91. The lowest BCUT2D eigenvalue weighted by molar-refractivity contribution is -0.142. The maximum Gasteiger partial charge on any atom is 0.310 e. The van der Waals surface area contributed by atoms with Crippen LogP contribution in [0.15, 0.2) is 11.0 Å². The third-order valence-electron chi connectivity index (χ3n) is 2.13. The molecular weight excluding hydrogens is 234 g/mol. The predicted molar refractivity (Wildman–Crippen MR) is 56.8 cm³/mol. The number of ether oxygens (including phenoxy) is 1. The maximum absolute atomic E-state index is 12.5. The Morgan fingerprint density at radius 3 is 2.76 bits per heavy atom. The largest absolute Gasteiger partial charge is 0.466 e. The molecule has 1 rings (SSSR count). The molecule has 7 heteroatoms. The Balaban J connectivity index is 3.10. The third kappa shape index (κ3) is 3.02. The van der Waals surface area contributed by atoms with Crippen LogP contribution in [-0.2, 0) is 16.0 Å². The fourth-order valence-electron chi connectivity index (χ4n) is 1.32. The van der Waals surface area contributed by atoms with Gasteiger partial charge in [-0.15, -0.1) is 0 Å². The van der Waals surface area contributed by atoms with Crippen molar-refractivity contribution in [2.75, 3.05) is 12.3 Å². The number of anilines is 1. The zero-order valence-electron chi connectivity index (χ0n) is 9.13.